The molecule has 1 fully saturated rings. The number of nitrogens with one attached hydrogen (secondary N) is 3. The van der Waals surface area contributed by atoms with Gasteiger partial charge in [-0.1, -0.05) is 0 Å². The van der Waals surface area contributed by atoms with Crippen molar-refractivity contribution in [3.05, 3.63) is 30.0 Å². The fraction of sp³-hybridized carbons (Fsp3) is 0.400. The Morgan fingerprint density at radius 3 is 3.09 bits per heavy atom. The summed E-state index contributed by atoms with van der Waals surface area (Å²) in [6, 6.07) is 5.61. The number of fused-ring (bicyclic) bond motifs is 1. The van der Waals surface area contributed by atoms with Crippen LogP contribution < -0.4 is 21.3 Å². The van der Waals surface area contributed by atoms with Gasteiger partial charge in [0.15, 0.2) is 12.6 Å². The summed E-state index contributed by atoms with van der Waals surface area (Å²) in [5.41, 5.74) is 8.36. The Bertz CT molecular complexity index is 752. The lowest BCUT2D eigenvalue weighted by Crippen LogP contribution is -2.38. The molecule has 1 aromatic heterocycles. The number of nitrogens with zero attached hydrogens (tertiary/aromatic N) is 2. The molecule has 0 radical (unpaired) electrons. The molecule has 1 atom stereocenters. The van der Waals surface area contributed by atoms with E-state index in [1.807, 2.05) is 18.2 Å². The molecule has 23 heavy (non-hydrogen) atoms. The van der Waals surface area contributed by atoms with Crippen molar-refractivity contribution < 1.29 is 9.13 Å². The molecule has 1 unspecified atom stereocenters. The van der Waals surface area contributed by atoms with Gasteiger partial charge in [-0.25, -0.2) is 4.98 Å². The van der Waals surface area contributed by atoms with Crippen LogP contribution in [0, 0.1) is 0 Å². The molecule has 0 spiro atoms. The zero-order valence-electron chi connectivity index (χ0n) is 12.6. The molecular formula is C15H19FN6O. The summed E-state index contributed by atoms with van der Waals surface area (Å²) >= 11 is 0. The predicted molar refractivity (Wildman–Crippen MR) is 86.4 cm³/mol. The SMILES string of the molecule is NC1=C(F)OCN1c1nc2ccc(NC3CCCNC3)cc2[nH]1. The molecule has 0 bridgehead atoms. The molecule has 0 aliphatic carbocycles. The van der Waals surface area contributed by atoms with Crippen molar-refractivity contribution in [3.63, 3.8) is 0 Å². The number of ether oxygens (including phenoxy) is 1. The second kappa shape index (κ2) is 5.62. The van der Waals surface area contributed by atoms with E-state index < -0.39 is 6.01 Å². The first-order valence-electron chi connectivity index (χ1n) is 7.73. The second-order valence-corrected chi connectivity index (χ2v) is 5.84. The highest BCUT2D eigenvalue weighted by Crippen LogP contribution is 2.26. The van der Waals surface area contributed by atoms with Gasteiger partial charge in [0.1, 0.15) is 0 Å². The van der Waals surface area contributed by atoms with Crippen LogP contribution in [0.1, 0.15) is 12.8 Å². The third-order valence-electron chi connectivity index (χ3n) is 4.21. The predicted octanol–water partition coefficient (Wildman–Crippen LogP) is 1.58. The van der Waals surface area contributed by atoms with Crippen molar-refractivity contribution in [2.45, 2.75) is 18.9 Å². The van der Waals surface area contributed by atoms with E-state index in [1.165, 1.54) is 11.3 Å². The van der Waals surface area contributed by atoms with Crippen molar-refractivity contribution in [1.29, 1.82) is 0 Å². The maximum Gasteiger partial charge on any atom is 0.315 e. The lowest BCUT2D eigenvalue weighted by atomic mass is 10.1. The van der Waals surface area contributed by atoms with Gasteiger partial charge in [-0.05, 0) is 37.6 Å². The monoisotopic (exact) mass is 318 g/mol. The highest BCUT2D eigenvalue weighted by atomic mass is 19.1. The normalized spacial score (nSPS) is 21.8. The molecule has 4 rings (SSSR count). The fourth-order valence-electron chi connectivity index (χ4n) is 2.97. The Morgan fingerprint density at radius 1 is 1.43 bits per heavy atom. The lowest BCUT2D eigenvalue weighted by molar-refractivity contribution is 0.174. The van der Waals surface area contributed by atoms with Crippen LogP contribution in [0.2, 0.25) is 0 Å². The minimum Gasteiger partial charge on any atom is -0.446 e. The van der Waals surface area contributed by atoms with Gasteiger partial charge in [0, 0.05) is 18.3 Å². The number of H-pyrrole nitrogens is 1. The van der Waals surface area contributed by atoms with Crippen molar-refractivity contribution >= 4 is 22.7 Å². The topological polar surface area (TPSA) is 91.2 Å². The Hall–Kier alpha value is -2.48. The first-order valence-corrected chi connectivity index (χ1v) is 7.73. The lowest BCUT2D eigenvalue weighted by Gasteiger charge is -2.24. The Kier molecular flexibility index (Phi) is 3.45. The summed E-state index contributed by atoms with van der Waals surface area (Å²) in [6.07, 6.45) is 2.34. The zero-order valence-corrected chi connectivity index (χ0v) is 12.6. The van der Waals surface area contributed by atoms with Gasteiger partial charge in [0.2, 0.25) is 5.95 Å². The zero-order chi connectivity index (χ0) is 15.8. The first-order chi connectivity index (χ1) is 11.2. The Balaban J connectivity index is 1.57. The van der Waals surface area contributed by atoms with Gasteiger partial charge < -0.3 is 26.1 Å². The largest absolute Gasteiger partial charge is 0.446 e. The van der Waals surface area contributed by atoms with Crippen LogP contribution in [0.25, 0.3) is 11.0 Å². The summed E-state index contributed by atoms with van der Waals surface area (Å²) in [4.78, 5) is 9.07. The summed E-state index contributed by atoms with van der Waals surface area (Å²) in [6.45, 7) is 2.08. The number of halogens is 1. The fourth-order valence-corrected chi connectivity index (χ4v) is 2.97. The van der Waals surface area contributed by atoms with Crippen LogP contribution in [-0.4, -0.2) is 35.8 Å². The minimum absolute atomic E-state index is 0.0241. The highest BCUT2D eigenvalue weighted by Gasteiger charge is 2.25. The van der Waals surface area contributed by atoms with Gasteiger partial charge >= 0.3 is 6.01 Å². The minimum atomic E-state index is -0.766. The number of piperidine rings is 1. The number of benzene rings is 1. The average molecular weight is 318 g/mol. The number of aromatic nitrogens is 2. The molecule has 122 valence electrons. The van der Waals surface area contributed by atoms with Crippen molar-refractivity contribution in [1.82, 2.24) is 15.3 Å². The third-order valence-corrected chi connectivity index (χ3v) is 4.21. The van der Waals surface area contributed by atoms with E-state index in [2.05, 4.69) is 20.6 Å². The number of imidazole rings is 1. The molecule has 7 nitrogen and oxygen atoms in total. The summed E-state index contributed by atoms with van der Waals surface area (Å²) < 4.78 is 18.1. The van der Waals surface area contributed by atoms with Crippen molar-refractivity contribution in [2.75, 3.05) is 30.0 Å². The summed E-state index contributed by atoms with van der Waals surface area (Å²) in [7, 11) is 0. The number of hydrogen-bond acceptors (Lipinski definition) is 6. The van der Waals surface area contributed by atoms with Gasteiger partial charge in [0.05, 0.1) is 11.0 Å². The molecule has 1 aromatic carbocycles. The maximum absolute atomic E-state index is 13.3. The van der Waals surface area contributed by atoms with Crippen LogP contribution >= 0.6 is 0 Å². The molecule has 8 heteroatoms. The molecule has 5 N–H and O–H groups in total. The van der Waals surface area contributed by atoms with E-state index in [4.69, 9.17) is 10.5 Å². The first kappa shape index (κ1) is 14.1. The Labute approximate surface area is 132 Å². The molecule has 2 aromatic rings. The van der Waals surface area contributed by atoms with E-state index in [0.29, 0.717) is 12.0 Å². The average Bonchev–Trinajstić information content (AvgIpc) is 3.12. The third kappa shape index (κ3) is 2.65. The molecule has 3 heterocycles. The van der Waals surface area contributed by atoms with E-state index in [0.717, 1.165) is 36.2 Å². The number of rotatable bonds is 3. The second-order valence-electron chi connectivity index (χ2n) is 5.84. The maximum atomic E-state index is 13.3. The van der Waals surface area contributed by atoms with Gasteiger partial charge in [-0.15, -0.1) is 0 Å². The molecule has 0 amide bonds. The molecule has 1 saturated heterocycles. The van der Waals surface area contributed by atoms with E-state index in [-0.39, 0.29) is 12.6 Å². The van der Waals surface area contributed by atoms with Crippen molar-refractivity contribution in [3.8, 4) is 0 Å². The smallest absolute Gasteiger partial charge is 0.315 e. The van der Waals surface area contributed by atoms with E-state index in [9.17, 15) is 4.39 Å². The molecular weight excluding hydrogens is 299 g/mol. The van der Waals surface area contributed by atoms with Crippen LogP contribution in [-0.2, 0) is 4.74 Å². The van der Waals surface area contributed by atoms with Crippen LogP contribution in [0.3, 0.4) is 0 Å². The van der Waals surface area contributed by atoms with E-state index >= 15 is 0 Å². The quantitative estimate of drug-likeness (QED) is 0.687. The molecule has 2 aliphatic heterocycles. The van der Waals surface area contributed by atoms with Crippen LogP contribution in [0.4, 0.5) is 16.0 Å². The number of aromatic amines is 1. The van der Waals surface area contributed by atoms with E-state index in [1.54, 1.807) is 0 Å². The van der Waals surface area contributed by atoms with Gasteiger partial charge in [-0.2, -0.15) is 4.39 Å². The van der Waals surface area contributed by atoms with Gasteiger partial charge in [-0.3, -0.25) is 4.90 Å². The molecule has 0 saturated carbocycles. The summed E-state index contributed by atoms with van der Waals surface area (Å²) in [5.74, 6) is 0.414. The van der Waals surface area contributed by atoms with Crippen LogP contribution in [0.5, 0.6) is 0 Å². The highest BCUT2D eigenvalue weighted by molar-refractivity contribution is 5.81. The molecule has 2 aliphatic rings. The van der Waals surface area contributed by atoms with Gasteiger partial charge in [0.25, 0.3) is 0 Å². The standard InChI is InChI=1S/C15H19FN6O/c16-13-14(17)22(8-23-13)15-20-11-4-3-9(6-12(11)21-15)19-10-2-1-5-18-7-10/h3-4,6,10,18-19H,1-2,5,7-8,17H2,(H,20,21). The number of hydrogen-bond donors (Lipinski definition) is 4. The number of anilines is 2. The summed E-state index contributed by atoms with van der Waals surface area (Å²) in [5, 5.41) is 6.91. The van der Waals surface area contributed by atoms with Crippen LogP contribution in [0.15, 0.2) is 30.0 Å². The van der Waals surface area contributed by atoms with Crippen molar-refractivity contribution in [2.24, 2.45) is 5.73 Å². The Morgan fingerprint density at radius 2 is 2.35 bits per heavy atom. The number of nitrogens with two attached hydrogens (primary N) is 1.